The maximum absolute atomic E-state index is 12.9. The van der Waals surface area contributed by atoms with Crippen molar-refractivity contribution in [2.45, 2.75) is 38.6 Å². The number of halogens is 1. The number of hydrogen-bond acceptors (Lipinski definition) is 3. The zero-order valence-corrected chi connectivity index (χ0v) is 10.9. The fourth-order valence-corrected chi connectivity index (χ4v) is 2.00. The number of hydrogen-bond donors (Lipinski definition) is 2. The molecule has 0 aliphatic carbocycles. The van der Waals surface area contributed by atoms with Crippen LogP contribution in [-0.4, -0.2) is 17.4 Å². The van der Waals surface area contributed by atoms with Crippen LogP contribution in [0.25, 0.3) is 0 Å². The lowest BCUT2D eigenvalue weighted by molar-refractivity contribution is -0.119. The number of carbonyl (C=O) groups excluding carboxylic acids is 1. The van der Waals surface area contributed by atoms with Gasteiger partial charge < -0.3 is 11.1 Å². The van der Waals surface area contributed by atoms with Crippen molar-refractivity contribution in [3.05, 3.63) is 29.8 Å². The number of nitrogens with one attached hydrogen (secondary N) is 1. The minimum absolute atomic E-state index is 0.155. The summed E-state index contributed by atoms with van der Waals surface area (Å²) in [5.74, 6) is -0.787. The predicted octanol–water partition coefficient (Wildman–Crippen LogP) is 1.70. The first kappa shape index (κ1) is 14.6. The molecule has 0 saturated carbocycles. The Morgan fingerprint density at radius 3 is 2.67 bits per heavy atom. The van der Waals surface area contributed by atoms with Gasteiger partial charge in [0, 0.05) is 0 Å². The topological polar surface area (TPSA) is 68.0 Å². The van der Waals surface area contributed by atoms with Crippen LogP contribution in [0.1, 0.15) is 38.8 Å². The van der Waals surface area contributed by atoms with Gasteiger partial charge in [0.15, 0.2) is 0 Å². The number of aromatic nitrogens is 1. The van der Waals surface area contributed by atoms with E-state index in [1.54, 1.807) is 6.07 Å². The molecule has 3 N–H and O–H groups in total. The predicted molar refractivity (Wildman–Crippen MR) is 68.3 cm³/mol. The minimum Gasteiger partial charge on any atom is -0.370 e. The van der Waals surface area contributed by atoms with Crippen LogP contribution in [0.2, 0.25) is 0 Å². The molecule has 0 bridgehead atoms. The van der Waals surface area contributed by atoms with E-state index in [0.29, 0.717) is 12.1 Å². The Hall–Kier alpha value is -1.49. The lowest BCUT2D eigenvalue weighted by Crippen LogP contribution is -2.46. The maximum atomic E-state index is 12.9. The first-order valence-corrected chi connectivity index (χ1v) is 6.19. The lowest BCUT2D eigenvalue weighted by Gasteiger charge is -2.32. The van der Waals surface area contributed by atoms with E-state index in [-0.39, 0.29) is 6.42 Å². The van der Waals surface area contributed by atoms with Crippen molar-refractivity contribution in [3.8, 4) is 0 Å². The smallest absolute Gasteiger partial charge is 0.219 e. The van der Waals surface area contributed by atoms with Gasteiger partial charge in [0.05, 0.1) is 23.9 Å². The van der Waals surface area contributed by atoms with E-state index in [2.05, 4.69) is 10.3 Å². The molecule has 100 valence electrons. The van der Waals surface area contributed by atoms with Crippen molar-refractivity contribution >= 4 is 5.91 Å². The summed E-state index contributed by atoms with van der Waals surface area (Å²) in [7, 11) is 0. The Balaban J connectivity index is 3.07. The maximum Gasteiger partial charge on any atom is 0.219 e. The van der Waals surface area contributed by atoms with Gasteiger partial charge in [0.25, 0.3) is 0 Å². The van der Waals surface area contributed by atoms with Gasteiger partial charge in [-0.05, 0) is 31.5 Å². The van der Waals surface area contributed by atoms with Crippen LogP contribution in [0.15, 0.2) is 18.3 Å². The molecule has 0 saturated heterocycles. The number of nitrogens with two attached hydrogens (primary N) is 1. The molecule has 18 heavy (non-hydrogen) atoms. The van der Waals surface area contributed by atoms with Crippen molar-refractivity contribution < 1.29 is 9.18 Å². The monoisotopic (exact) mass is 253 g/mol. The molecule has 1 aromatic heterocycles. The molecule has 1 aromatic rings. The van der Waals surface area contributed by atoms with Gasteiger partial charge in [0.2, 0.25) is 5.91 Å². The number of nitrogens with zero attached hydrogens (tertiary/aromatic N) is 1. The van der Waals surface area contributed by atoms with Crippen LogP contribution in [0.3, 0.4) is 0 Å². The molecule has 0 spiro atoms. The molecule has 0 aliphatic rings. The lowest BCUT2D eigenvalue weighted by atomic mass is 9.87. The Kier molecular flexibility index (Phi) is 5.22. The van der Waals surface area contributed by atoms with Crippen LogP contribution in [0.4, 0.5) is 4.39 Å². The van der Waals surface area contributed by atoms with Crippen molar-refractivity contribution in [2.75, 3.05) is 6.54 Å². The fraction of sp³-hybridized carbons (Fsp3) is 0.538. The van der Waals surface area contributed by atoms with E-state index in [9.17, 15) is 9.18 Å². The standard InChI is InChI=1S/C13H20FN3O/c1-3-7-17-13(4-2,8-12(15)18)11-6-5-10(14)9-16-11/h5-6,9,17H,3-4,7-8H2,1-2H3,(H2,15,18). The van der Waals surface area contributed by atoms with Crippen LogP contribution in [-0.2, 0) is 10.3 Å². The normalized spacial score (nSPS) is 14.2. The average Bonchev–Trinajstić information content (AvgIpc) is 2.35. The quantitative estimate of drug-likeness (QED) is 0.777. The number of carbonyl (C=O) groups is 1. The molecular weight excluding hydrogens is 233 g/mol. The van der Waals surface area contributed by atoms with Crippen molar-refractivity contribution in [3.63, 3.8) is 0 Å². The first-order chi connectivity index (χ1) is 8.54. The van der Waals surface area contributed by atoms with Gasteiger partial charge in [-0.25, -0.2) is 4.39 Å². The molecule has 1 rings (SSSR count). The molecule has 0 aromatic carbocycles. The highest BCUT2D eigenvalue weighted by Gasteiger charge is 2.32. The first-order valence-electron chi connectivity index (χ1n) is 6.19. The van der Waals surface area contributed by atoms with Gasteiger partial charge >= 0.3 is 0 Å². The molecule has 1 amide bonds. The zero-order chi connectivity index (χ0) is 13.6. The highest BCUT2D eigenvalue weighted by molar-refractivity contribution is 5.75. The molecule has 1 atom stereocenters. The van der Waals surface area contributed by atoms with E-state index >= 15 is 0 Å². The molecule has 1 unspecified atom stereocenters. The Labute approximate surface area is 107 Å². The summed E-state index contributed by atoms with van der Waals surface area (Å²) < 4.78 is 12.9. The molecule has 0 radical (unpaired) electrons. The summed E-state index contributed by atoms with van der Waals surface area (Å²) in [6.07, 6.45) is 2.91. The third-order valence-corrected chi connectivity index (χ3v) is 3.01. The van der Waals surface area contributed by atoms with E-state index in [4.69, 9.17) is 5.73 Å². The van der Waals surface area contributed by atoms with Gasteiger partial charge in [0.1, 0.15) is 5.82 Å². The summed E-state index contributed by atoms with van der Waals surface area (Å²) in [5, 5.41) is 3.31. The summed E-state index contributed by atoms with van der Waals surface area (Å²) in [4.78, 5) is 15.3. The fourth-order valence-electron chi connectivity index (χ4n) is 2.00. The number of pyridine rings is 1. The Morgan fingerprint density at radius 2 is 2.22 bits per heavy atom. The van der Waals surface area contributed by atoms with E-state index in [0.717, 1.165) is 19.2 Å². The SMILES string of the molecule is CCCNC(CC)(CC(N)=O)c1ccc(F)cn1. The molecule has 0 fully saturated rings. The van der Waals surface area contributed by atoms with Crippen LogP contribution in [0, 0.1) is 5.82 Å². The summed E-state index contributed by atoms with van der Waals surface area (Å²) in [6, 6.07) is 2.95. The van der Waals surface area contributed by atoms with Crippen molar-refractivity contribution in [1.29, 1.82) is 0 Å². The Bertz CT molecular complexity index is 394. The zero-order valence-electron chi connectivity index (χ0n) is 10.9. The molecule has 1 heterocycles. The third kappa shape index (κ3) is 3.50. The molecule has 4 nitrogen and oxygen atoms in total. The summed E-state index contributed by atoms with van der Waals surface area (Å²) in [6.45, 7) is 4.74. The number of amides is 1. The number of rotatable bonds is 7. The van der Waals surface area contributed by atoms with Crippen LogP contribution in [0.5, 0.6) is 0 Å². The second kappa shape index (κ2) is 6.44. The second-order valence-electron chi connectivity index (χ2n) is 4.37. The third-order valence-electron chi connectivity index (χ3n) is 3.01. The highest BCUT2D eigenvalue weighted by atomic mass is 19.1. The Morgan fingerprint density at radius 1 is 1.50 bits per heavy atom. The highest BCUT2D eigenvalue weighted by Crippen LogP contribution is 2.27. The van der Waals surface area contributed by atoms with Gasteiger partial charge in [-0.3, -0.25) is 9.78 Å². The van der Waals surface area contributed by atoms with E-state index in [1.807, 2.05) is 13.8 Å². The van der Waals surface area contributed by atoms with Crippen molar-refractivity contribution in [2.24, 2.45) is 5.73 Å². The summed E-state index contributed by atoms with van der Waals surface area (Å²) >= 11 is 0. The van der Waals surface area contributed by atoms with E-state index < -0.39 is 17.3 Å². The van der Waals surface area contributed by atoms with Gasteiger partial charge in [-0.15, -0.1) is 0 Å². The summed E-state index contributed by atoms with van der Waals surface area (Å²) in [5.41, 5.74) is 5.36. The van der Waals surface area contributed by atoms with Crippen LogP contribution >= 0.6 is 0 Å². The van der Waals surface area contributed by atoms with E-state index in [1.165, 1.54) is 6.07 Å². The minimum atomic E-state index is -0.602. The van der Waals surface area contributed by atoms with Crippen molar-refractivity contribution in [1.82, 2.24) is 10.3 Å². The second-order valence-corrected chi connectivity index (χ2v) is 4.37. The van der Waals surface area contributed by atoms with Crippen LogP contribution < -0.4 is 11.1 Å². The van der Waals surface area contributed by atoms with Gasteiger partial charge in [-0.2, -0.15) is 0 Å². The van der Waals surface area contributed by atoms with Gasteiger partial charge in [-0.1, -0.05) is 13.8 Å². The molecule has 5 heteroatoms. The largest absolute Gasteiger partial charge is 0.370 e. The molecular formula is C13H20FN3O. The number of primary amides is 1. The average molecular weight is 253 g/mol. The molecule has 0 aliphatic heterocycles.